The number of morpholine rings is 1. The van der Waals surface area contributed by atoms with Crippen LogP contribution in [0.5, 0.6) is 0 Å². The highest BCUT2D eigenvalue weighted by atomic mass is 79.9. The van der Waals surface area contributed by atoms with Crippen molar-refractivity contribution < 1.29 is 19.1 Å². The minimum absolute atomic E-state index is 0.215. The van der Waals surface area contributed by atoms with Gasteiger partial charge in [-0.3, -0.25) is 4.79 Å². The standard InChI is InChI=1S/C22H19BrN2O4/c23-16-7-5-15(6-8-16)20-13-18(17-3-1-2-4-19(17)24-20)22(27)29-14-21(26)25-9-11-28-12-10-25/h1-8,13H,9-12,14H2. The number of rotatable bonds is 4. The van der Waals surface area contributed by atoms with E-state index in [1.165, 1.54) is 0 Å². The molecule has 1 saturated heterocycles. The lowest BCUT2D eigenvalue weighted by molar-refractivity contribution is -0.138. The number of carbonyl (C=O) groups is 2. The second kappa shape index (κ2) is 8.71. The van der Waals surface area contributed by atoms with Gasteiger partial charge in [-0.2, -0.15) is 0 Å². The van der Waals surface area contributed by atoms with Crippen LogP contribution in [0.2, 0.25) is 0 Å². The molecule has 4 rings (SSSR count). The number of esters is 1. The van der Waals surface area contributed by atoms with Crippen LogP contribution in [0.4, 0.5) is 0 Å². The van der Waals surface area contributed by atoms with Crippen molar-refractivity contribution in [3.63, 3.8) is 0 Å². The number of pyridine rings is 1. The Labute approximate surface area is 176 Å². The van der Waals surface area contributed by atoms with E-state index in [9.17, 15) is 9.59 Å². The average molecular weight is 455 g/mol. The summed E-state index contributed by atoms with van der Waals surface area (Å²) in [4.78, 5) is 31.4. The molecule has 148 valence electrons. The van der Waals surface area contributed by atoms with Crippen molar-refractivity contribution >= 4 is 38.7 Å². The Hall–Kier alpha value is -2.77. The predicted molar refractivity (Wildman–Crippen MR) is 113 cm³/mol. The van der Waals surface area contributed by atoms with Crippen LogP contribution in [0.3, 0.4) is 0 Å². The number of nitrogens with zero attached hydrogens (tertiary/aromatic N) is 2. The quantitative estimate of drug-likeness (QED) is 0.562. The van der Waals surface area contributed by atoms with Crippen molar-refractivity contribution in [3.05, 3.63) is 64.6 Å². The lowest BCUT2D eigenvalue weighted by Gasteiger charge is -2.26. The first-order valence-electron chi connectivity index (χ1n) is 9.30. The van der Waals surface area contributed by atoms with E-state index in [-0.39, 0.29) is 12.5 Å². The molecule has 1 amide bonds. The number of aromatic nitrogens is 1. The highest BCUT2D eigenvalue weighted by Crippen LogP contribution is 2.26. The summed E-state index contributed by atoms with van der Waals surface area (Å²) < 4.78 is 11.6. The number of benzene rings is 2. The Bertz CT molecular complexity index is 1050. The minimum Gasteiger partial charge on any atom is -0.452 e. The van der Waals surface area contributed by atoms with Gasteiger partial charge in [-0.25, -0.2) is 9.78 Å². The number of fused-ring (bicyclic) bond motifs is 1. The summed E-state index contributed by atoms with van der Waals surface area (Å²) in [7, 11) is 0. The Morgan fingerprint density at radius 1 is 1.07 bits per heavy atom. The zero-order valence-electron chi connectivity index (χ0n) is 15.6. The zero-order chi connectivity index (χ0) is 20.2. The number of carbonyl (C=O) groups excluding carboxylic acids is 2. The molecule has 0 atom stereocenters. The molecule has 0 radical (unpaired) electrons. The highest BCUT2D eigenvalue weighted by molar-refractivity contribution is 9.10. The summed E-state index contributed by atoms with van der Waals surface area (Å²) in [5.74, 6) is -0.753. The average Bonchev–Trinajstić information content (AvgIpc) is 2.77. The molecule has 1 aliphatic rings. The van der Waals surface area contributed by atoms with Crippen molar-refractivity contribution in [2.24, 2.45) is 0 Å². The van der Waals surface area contributed by atoms with E-state index in [4.69, 9.17) is 9.47 Å². The summed E-state index contributed by atoms with van der Waals surface area (Å²) >= 11 is 3.42. The second-order valence-electron chi connectivity index (χ2n) is 6.65. The summed E-state index contributed by atoms with van der Waals surface area (Å²) in [5.41, 5.74) is 2.64. The molecular weight excluding hydrogens is 436 g/mol. The number of para-hydroxylation sites is 1. The molecule has 1 aromatic heterocycles. The third kappa shape index (κ3) is 4.46. The van der Waals surface area contributed by atoms with E-state index in [2.05, 4.69) is 20.9 Å². The Kier molecular flexibility index (Phi) is 5.87. The van der Waals surface area contributed by atoms with Gasteiger partial charge >= 0.3 is 5.97 Å². The van der Waals surface area contributed by atoms with Crippen molar-refractivity contribution in [3.8, 4) is 11.3 Å². The lowest BCUT2D eigenvalue weighted by Crippen LogP contribution is -2.42. The Morgan fingerprint density at radius 2 is 1.79 bits per heavy atom. The van der Waals surface area contributed by atoms with E-state index in [0.29, 0.717) is 48.5 Å². The Morgan fingerprint density at radius 3 is 2.55 bits per heavy atom. The molecule has 0 aliphatic carbocycles. The van der Waals surface area contributed by atoms with Crippen LogP contribution in [0.15, 0.2) is 59.1 Å². The monoisotopic (exact) mass is 454 g/mol. The molecular formula is C22H19BrN2O4. The topological polar surface area (TPSA) is 68.7 Å². The molecule has 29 heavy (non-hydrogen) atoms. The summed E-state index contributed by atoms with van der Waals surface area (Å²) in [5, 5.41) is 0.692. The van der Waals surface area contributed by atoms with Gasteiger partial charge in [-0.05, 0) is 24.3 Å². The fourth-order valence-electron chi connectivity index (χ4n) is 3.22. The van der Waals surface area contributed by atoms with Crippen LogP contribution in [0.1, 0.15) is 10.4 Å². The van der Waals surface area contributed by atoms with Gasteiger partial charge in [0.2, 0.25) is 0 Å². The van der Waals surface area contributed by atoms with E-state index in [1.807, 2.05) is 48.5 Å². The Balaban J connectivity index is 1.60. The second-order valence-corrected chi connectivity index (χ2v) is 7.56. The van der Waals surface area contributed by atoms with Gasteiger partial charge in [0.1, 0.15) is 0 Å². The summed E-state index contributed by atoms with van der Waals surface area (Å²) in [6.07, 6.45) is 0. The van der Waals surface area contributed by atoms with Gasteiger partial charge in [0.25, 0.3) is 5.91 Å². The van der Waals surface area contributed by atoms with E-state index >= 15 is 0 Å². The predicted octanol–water partition coefficient (Wildman–Crippen LogP) is 3.68. The van der Waals surface area contributed by atoms with Gasteiger partial charge in [0.05, 0.1) is 30.0 Å². The fourth-order valence-corrected chi connectivity index (χ4v) is 3.49. The molecule has 0 unspecified atom stereocenters. The molecule has 3 aromatic rings. The summed E-state index contributed by atoms with van der Waals surface area (Å²) in [6, 6.07) is 16.8. The van der Waals surface area contributed by atoms with Gasteiger partial charge in [-0.15, -0.1) is 0 Å². The van der Waals surface area contributed by atoms with Crippen LogP contribution >= 0.6 is 15.9 Å². The van der Waals surface area contributed by atoms with Gasteiger partial charge in [-0.1, -0.05) is 46.3 Å². The third-order valence-corrected chi connectivity index (χ3v) is 5.30. The number of ether oxygens (including phenoxy) is 2. The number of hydrogen-bond donors (Lipinski definition) is 0. The molecule has 1 aliphatic heterocycles. The van der Waals surface area contributed by atoms with Crippen LogP contribution in [-0.4, -0.2) is 54.7 Å². The zero-order valence-corrected chi connectivity index (χ0v) is 17.2. The highest BCUT2D eigenvalue weighted by Gasteiger charge is 2.20. The first-order chi connectivity index (χ1) is 14.1. The molecule has 2 heterocycles. The van der Waals surface area contributed by atoms with Crippen molar-refractivity contribution in [2.45, 2.75) is 0 Å². The third-order valence-electron chi connectivity index (χ3n) is 4.77. The van der Waals surface area contributed by atoms with Crippen LogP contribution in [-0.2, 0) is 14.3 Å². The van der Waals surface area contributed by atoms with Crippen LogP contribution in [0, 0.1) is 0 Å². The van der Waals surface area contributed by atoms with Gasteiger partial charge < -0.3 is 14.4 Å². The molecule has 7 heteroatoms. The van der Waals surface area contributed by atoms with Gasteiger partial charge in [0.15, 0.2) is 6.61 Å². The molecule has 0 spiro atoms. The maximum absolute atomic E-state index is 12.8. The lowest BCUT2D eigenvalue weighted by atomic mass is 10.0. The molecule has 1 fully saturated rings. The SMILES string of the molecule is O=C(OCC(=O)N1CCOCC1)c1cc(-c2ccc(Br)cc2)nc2ccccc12. The molecule has 0 N–H and O–H groups in total. The minimum atomic E-state index is -0.538. The smallest absolute Gasteiger partial charge is 0.339 e. The number of halogens is 1. The number of amides is 1. The first-order valence-corrected chi connectivity index (χ1v) is 10.1. The molecule has 0 bridgehead atoms. The maximum Gasteiger partial charge on any atom is 0.339 e. The first kappa shape index (κ1) is 19.5. The largest absolute Gasteiger partial charge is 0.452 e. The van der Waals surface area contributed by atoms with E-state index < -0.39 is 5.97 Å². The normalized spacial score (nSPS) is 14.0. The van der Waals surface area contributed by atoms with Crippen molar-refractivity contribution in [2.75, 3.05) is 32.9 Å². The molecule has 0 saturated carbocycles. The molecule has 2 aromatic carbocycles. The molecule has 6 nitrogen and oxygen atoms in total. The van der Waals surface area contributed by atoms with Crippen molar-refractivity contribution in [1.82, 2.24) is 9.88 Å². The summed E-state index contributed by atoms with van der Waals surface area (Å²) in [6.45, 7) is 1.75. The van der Waals surface area contributed by atoms with Gasteiger partial charge in [0, 0.05) is 28.5 Å². The van der Waals surface area contributed by atoms with E-state index in [1.54, 1.807) is 11.0 Å². The fraction of sp³-hybridized carbons (Fsp3) is 0.227. The van der Waals surface area contributed by atoms with Crippen LogP contribution < -0.4 is 0 Å². The maximum atomic E-state index is 12.8. The van der Waals surface area contributed by atoms with Crippen molar-refractivity contribution in [1.29, 1.82) is 0 Å². The van der Waals surface area contributed by atoms with E-state index in [0.717, 1.165) is 10.0 Å². The van der Waals surface area contributed by atoms with Crippen LogP contribution in [0.25, 0.3) is 22.2 Å². The number of hydrogen-bond acceptors (Lipinski definition) is 5.